The summed E-state index contributed by atoms with van der Waals surface area (Å²) in [5, 5.41) is 9.56. The second-order valence-corrected chi connectivity index (χ2v) is 3.96. The Morgan fingerprint density at radius 1 is 1.39 bits per heavy atom. The minimum absolute atomic E-state index is 0.104. The summed E-state index contributed by atoms with van der Waals surface area (Å²) in [5.41, 5.74) is 0.968. The normalized spacial score (nSPS) is 10.1. The van der Waals surface area contributed by atoms with Crippen LogP contribution >= 0.6 is 11.6 Å². The fourth-order valence-electron chi connectivity index (χ4n) is 1.61. The average Bonchev–Trinajstić information content (AvgIpc) is 2.39. The van der Waals surface area contributed by atoms with Crippen LogP contribution < -0.4 is 4.74 Å². The second-order valence-electron chi connectivity index (χ2n) is 3.55. The number of carboxylic acid groups (broad SMARTS) is 1. The van der Waals surface area contributed by atoms with Crippen LogP contribution in [0.25, 0.3) is 11.3 Å². The highest BCUT2D eigenvalue weighted by molar-refractivity contribution is 6.33. The molecule has 18 heavy (non-hydrogen) atoms. The van der Waals surface area contributed by atoms with Crippen LogP contribution in [0.15, 0.2) is 36.5 Å². The minimum Gasteiger partial charge on any atom is -0.497 e. The first-order valence-electron chi connectivity index (χ1n) is 5.15. The molecule has 1 heterocycles. The summed E-state index contributed by atoms with van der Waals surface area (Å²) in [5.74, 6) is -0.451. The predicted molar refractivity (Wildman–Crippen MR) is 68.2 cm³/mol. The van der Waals surface area contributed by atoms with Crippen LogP contribution in [0.1, 0.15) is 10.4 Å². The van der Waals surface area contributed by atoms with Gasteiger partial charge in [-0.1, -0.05) is 11.6 Å². The molecule has 0 saturated carbocycles. The fraction of sp³-hybridized carbons (Fsp3) is 0.0769. The summed E-state index contributed by atoms with van der Waals surface area (Å²) in [4.78, 5) is 15.2. The van der Waals surface area contributed by atoms with Crippen LogP contribution in [0, 0.1) is 0 Å². The highest BCUT2D eigenvalue weighted by Crippen LogP contribution is 2.32. The molecule has 2 rings (SSSR count). The number of halogens is 1. The van der Waals surface area contributed by atoms with Gasteiger partial charge in [0.1, 0.15) is 5.75 Å². The lowest BCUT2D eigenvalue weighted by Crippen LogP contribution is -2.01. The van der Waals surface area contributed by atoms with Crippen LogP contribution in [-0.4, -0.2) is 23.2 Å². The van der Waals surface area contributed by atoms with Crippen molar-refractivity contribution in [2.45, 2.75) is 0 Å². The van der Waals surface area contributed by atoms with E-state index < -0.39 is 5.97 Å². The standard InChI is InChI=1S/C13H10ClNO3/c1-18-8-4-5-11(14)10(7-8)12-9(13(16)17)3-2-6-15-12/h2-7H,1H3,(H,16,17). The number of hydrogen-bond acceptors (Lipinski definition) is 3. The molecule has 1 aromatic heterocycles. The predicted octanol–water partition coefficient (Wildman–Crippen LogP) is 3.11. The van der Waals surface area contributed by atoms with Crippen molar-refractivity contribution < 1.29 is 14.6 Å². The van der Waals surface area contributed by atoms with Crippen molar-refractivity contribution in [2.24, 2.45) is 0 Å². The Labute approximate surface area is 109 Å². The molecule has 0 saturated heterocycles. The zero-order valence-corrected chi connectivity index (χ0v) is 10.3. The highest BCUT2D eigenvalue weighted by Gasteiger charge is 2.15. The van der Waals surface area contributed by atoms with Crippen LogP contribution in [0.3, 0.4) is 0 Å². The van der Waals surface area contributed by atoms with Gasteiger partial charge in [0.25, 0.3) is 0 Å². The summed E-state index contributed by atoms with van der Waals surface area (Å²) in [6.45, 7) is 0. The molecule has 1 N–H and O–H groups in total. The van der Waals surface area contributed by atoms with E-state index in [1.54, 1.807) is 24.3 Å². The van der Waals surface area contributed by atoms with E-state index >= 15 is 0 Å². The summed E-state index contributed by atoms with van der Waals surface area (Å²) in [7, 11) is 1.53. The number of nitrogens with zero attached hydrogens (tertiary/aromatic N) is 1. The Kier molecular flexibility index (Phi) is 3.48. The third-order valence-corrected chi connectivity index (χ3v) is 2.80. The van der Waals surface area contributed by atoms with Crippen LogP contribution in [0.4, 0.5) is 0 Å². The molecule has 0 aliphatic carbocycles. The summed E-state index contributed by atoms with van der Waals surface area (Å²) >= 11 is 6.08. The zero-order valence-electron chi connectivity index (χ0n) is 9.55. The number of carbonyl (C=O) groups is 1. The maximum atomic E-state index is 11.1. The van der Waals surface area contributed by atoms with Gasteiger partial charge in [0.2, 0.25) is 0 Å². The number of rotatable bonds is 3. The number of pyridine rings is 1. The number of methoxy groups -OCH3 is 1. The second kappa shape index (κ2) is 5.06. The van der Waals surface area contributed by atoms with E-state index in [0.717, 1.165) is 0 Å². The van der Waals surface area contributed by atoms with Crippen molar-refractivity contribution in [2.75, 3.05) is 7.11 Å². The van der Waals surface area contributed by atoms with E-state index in [1.165, 1.54) is 19.4 Å². The van der Waals surface area contributed by atoms with Gasteiger partial charge in [0.15, 0.2) is 0 Å². The molecule has 4 nitrogen and oxygen atoms in total. The number of ether oxygens (including phenoxy) is 1. The molecule has 0 fully saturated rings. The maximum Gasteiger partial charge on any atom is 0.337 e. The quantitative estimate of drug-likeness (QED) is 0.924. The Morgan fingerprint density at radius 2 is 2.17 bits per heavy atom. The first kappa shape index (κ1) is 12.4. The molecule has 0 spiro atoms. The first-order chi connectivity index (χ1) is 8.63. The van der Waals surface area contributed by atoms with Gasteiger partial charge in [0, 0.05) is 11.8 Å². The lowest BCUT2D eigenvalue weighted by molar-refractivity contribution is 0.0697. The van der Waals surface area contributed by atoms with E-state index in [-0.39, 0.29) is 5.56 Å². The average molecular weight is 264 g/mol. The molecule has 92 valence electrons. The lowest BCUT2D eigenvalue weighted by Gasteiger charge is -2.08. The molecule has 0 bridgehead atoms. The molecule has 1 aromatic carbocycles. The van der Waals surface area contributed by atoms with Gasteiger partial charge in [-0.3, -0.25) is 4.98 Å². The molecular formula is C13H10ClNO3. The van der Waals surface area contributed by atoms with Crippen molar-refractivity contribution in [3.8, 4) is 17.0 Å². The van der Waals surface area contributed by atoms with Crippen molar-refractivity contribution in [1.29, 1.82) is 0 Å². The smallest absolute Gasteiger partial charge is 0.337 e. The third kappa shape index (κ3) is 2.28. The van der Waals surface area contributed by atoms with E-state index in [0.29, 0.717) is 22.0 Å². The van der Waals surface area contributed by atoms with E-state index in [2.05, 4.69) is 4.98 Å². The highest BCUT2D eigenvalue weighted by atomic mass is 35.5. The lowest BCUT2D eigenvalue weighted by atomic mass is 10.1. The van der Waals surface area contributed by atoms with Gasteiger partial charge in [-0.2, -0.15) is 0 Å². The van der Waals surface area contributed by atoms with Gasteiger partial charge in [-0.15, -0.1) is 0 Å². The summed E-state index contributed by atoms with van der Waals surface area (Å²) in [6, 6.07) is 8.07. The van der Waals surface area contributed by atoms with Gasteiger partial charge in [0.05, 0.1) is 23.4 Å². The Hall–Kier alpha value is -2.07. The van der Waals surface area contributed by atoms with Crippen molar-refractivity contribution in [3.63, 3.8) is 0 Å². The van der Waals surface area contributed by atoms with Crippen LogP contribution in [0.5, 0.6) is 5.75 Å². The molecule has 0 radical (unpaired) electrons. The van der Waals surface area contributed by atoms with Crippen molar-refractivity contribution in [3.05, 3.63) is 47.1 Å². The Bertz CT molecular complexity index is 599. The van der Waals surface area contributed by atoms with Gasteiger partial charge >= 0.3 is 5.97 Å². The Morgan fingerprint density at radius 3 is 2.83 bits per heavy atom. The van der Waals surface area contributed by atoms with Crippen molar-refractivity contribution in [1.82, 2.24) is 4.98 Å². The van der Waals surface area contributed by atoms with E-state index in [4.69, 9.17) is 21.4 Å². The van der Waals surface area contributed by atoms with Gasteiger partial charge in [-0.05, 0) is 30.3 Å². The molecule has 5 heteroatoms. The summed E-state index contributed by atoms with van der Waals surface area (Å²) in [6.07, 6.45) is 1.53. The monoisotopic (exact) mass is 263 g/mol. The number of carboxylic acids is 1. The van der Waals surface area contributed by atoms with Crippen LogP contribution in [0.2, 0.25) is 5.02 Å². The first-order valence-corrected chi connectivity index (χ1v) is 5.53. The van der Waals surface area contributed by atoms with Gasteiger partial charge < -0.3 is 9.84 Å². The third-order valence-electron chi connectivity index (χ3n) is 2.47. The number of hydrogen-bond donors (Lipinski definition) is 1. The molecule has 2 aromatic rings. The SMILES string of the molecule is COc1ccc(Cl)c(-c2ncccc2C(=O)O)c1. The Balaban J connectivity index is 2.65. The molecular weight excluding hydrogens is 254 g/mol. The number of benzene rings is 1. The number of aromatic nitrogens is 1. The molecule has 0 atom stereocenters. The minimum atomic E-state index is -1.04. The van der Waals surface area contributed by atoms with E-state index in [9.17, 15) is 4.79 Å². The molecule has 0 aliphatic heterocycles. The largest absolute Gasteiger partial charge is 0.497 e. The van der Waals surface area contributed by atoms with Crippen LogP contribution in [-0.2, 0) is 0 Å². The molecule has 0 aliphatic rings. The topological polar surface area (TPSA) is 59.4 Å². The zero-order chi connectivity index (χ0) is 13.1. The molecule has 0 unspecified atom stereocenters. The fourth-order valence-corrected chi connectivity index (χ4v) is 1.81. The maximum absolute atomic E-state index is 11.1. The summed E-state index contributed by atoms with van der Waals surface area (Å²) < 4.78 is 5.10. The van der Waals surface area contributed by atoms with Gasteiger partial charge in [-0.25, -0.2) is 4.79 Å². The van der Waals surface area contributed by atoms with E-state index in [1.807, 2.05) is 0 Å². The number of aromatic carboxylic acids is 1. The molecule has 0 amide bonds. The van der Waals surface area contributed by atoms with Crippen molar-refractivity contribution >= 4 is 17.6 Å².